The molecule has 2 bridgehead atoms. The number of hydrogen-bond donors (Lipinski definition) is 2. The summed E-state index contributed by atoms with van der Waals surface area (Å²) in [5, 5.41) is 15.4. The SMILES string of the molecule is CCC(CC)NC(CC)c1ccc(F)c(OCCC23CCC4CC(CCC5CC(=O)CCC54C)C2CCCC3O)c1. The fraction of sp³-hybridized carbons (Fsp3) is 0.806. The molecule has 4 aliphatic rings. The fourth-order valence-electron chi connectivity index (χ4n) is 9.96. The number of ether oxygens (including phenoxy) is 1. The van der Waals surface area contributed by atoms with E-state index in [9.17, 15) is 9.90 Å². The highest BCUT2D eigenvalue weighted by atomic mass is 19.1. The molecule has 0 radical (unpaired) electrons. The topological polar surface area (TPSA) is 58.6 Å². The largest absolute Gasteiger partial charge is 0.490 e. The number of hydrogen-bond acceptors (Lipinski definition) is 4. The third-order valence-corrected chi connectivity index (χ3v) is 12.7. The highest BCUT2D eigenvalue weighted by Gasteiger charge is 2.56. The minimum absolute atomic E-state index is 0.150. The van der Waals surface area contributed by atoms with Crippen LogP contribution in [-0.2, 0) is 4.79 Å². The van der Waals surface area contributed by atoms with Gasteiger partial charge in [0.05, 0.1) is 12.7 Å². The molecule has 230 valence electrons. The first-order valence-electron chi connectivity index (χ1n) is 17.1. The van der Waals surface area contributed by atoms with Gasteiger partial charge >= 0.3 is 0 Å². The summed E-state index contributed by atoms with van der Waals surface area (Å²) in [6, 6.07) is 5.98. The molecule has 1 aromatic carbocycles. The number of aliphatic hydroxyl groups is 1. The molecule has 8 unspecified atom stereocenters. The van der Waals surface area contributed by atoms with Gasteiger partial charge in [-0.2, -0.15) is 0 Å². The Balaban J connectivity index is 1.32. The Morgan fingerprint density at radius 3 is 2.61 bits per heavy atom. The van der Waals surface area contributed by atoms with Crippen LogP contribution < -0.4 is 10.1 Å². The van der Waals surface area contributed by atoms with Gasteiger partial charge in [0.25, 0.3) is 0 Å². The number of aliphatic hydroxyl groups excluding tert-OH is 1. The quantitative estimate of drug-likeness (QED) is 0.296. The van der Waals surface area contributed by atoms with Gasteiger partial charge in [-0.15, -0.1) is 0 Å². The second-order valence-electron chi connectivity index (χ2n) is 14.5. The summed E-state index contributed by atoms with van der Waals surface area (Å²) >= 11 is 0. The van der Waals surface area contributed by atoms with Crippen molar-refractivity contribution in [2.45, 2.75) is 142 Å². The molecule has 5 heteroatoms. The van der Waals surface area contributed by atoms with Crippen molar-refractivity contribution in [3.63, 3.8) is 0 Å². The van der Waals surface area contributed by atoms with Crippen molar-refractivity contribution in [1.82, 2.24) is 5.32 Å². The van der Waals surface area contributed by atoms with Crippen LogP contribution in [0.3, 0.4) is 0 Å². The van der Waals surface area contributed by atoms with Crippen molar-refractivity contribution in [2.24, 2.45) is 34.5 Å². The van der Waals surface area contributed by atoms with Crippen LogP contribution in [0.4, 0.5) is 4.39 Å². The molecule has 41 heavy (non-hydrogen) atoms. The lowest BCUT2D eigenvalue weighted by Gasteiger charge is -2.50. The number of carbonyl (C=O) groups is 1. The summed E-state index contributed by atoms with van der Waals surface area (Å²) in [5.41, 5.74) is 1.18. The maximum absolute atomic E-state index is 15.0. The Morgan fingerprint density at radius 2 is 1.85 bits per heavy atom. The Hall–Kier alpha value is -1.46. The van der Waals surface area contributed by atoms with Crippen LogP contribution in [0.1, 0.15) is 136 Å². The molecule has 4 nitrogen and oxygen atoms in total. The van der Waals surface area contributed by atoms with Gasteiger partial charge in [-0.05, 0) is 124 Å². The summed E-state index contributed by atoms with van der Waals surface area (Å²) in [7, 11) is 0. The third-order valence-electron chi connectivity index (χ3n) is 12.7. The number of Topliss-reactive ketones (excluding diaryl/α,β-unsaturated/α-hetero) is 1. The van der Waals surface area contributed by atoms with Crippen molar-refractivity contribution < 1.29 is 19.0 Å². The smallest absolute Gasteiger partial charge is 0.165 e. The van der Waals surface area contributed by atoms with Gasteiger partial charge in [-0.25, -0.2) is 4.39 Å². The molecule has 0 heterocycles. The molecule has 4 aliphatic carbocycles. The molecule has 0 aromatic heterocycles. The Kier molecular flexibility index (Phi) is 9.85. The highest BCUT2D eigenvalue weighted by Crippen LogP contribution is 2.62. The summed E-state index contributed by atoms with van der Waals surface area (Å²) in [5.74, 6) is 2.77. The molecule has 2 N–H and O–H groups in total. The summed E-state index contributed by atoms with van der Waals surface area (Å²) in [6.45, 7) is 9.51. The Bertz CT molecular complexity index is 1040. The van der Waals surface area contributed by atoms with Gasteiger partial charge < -0.3 is 15.2 Å². The van der Waals surface area contributed by atoms with Gasteiger partial charge in [0.1, 0.15) is 5.78 Å². The van der Waals surface area contributed by atoms with Gasteiger partial charge in [-0.1, -0.05) is 40.2 Å². The van der Waals surface area contributed by atoms with E-state index in [0.717, 1.165) is 82.6 Å². The number of nitrogens with one attached hydrogen (secondary N) is 1. The molecule has 0 amide bonds. The van der Waals surface area contributed by atoms with E-state index < -0.39 is 0 Å². The lowest BCUT2D eigenvalue weighted by atomic mass is 9.56. The number of carbonyl (C=O) groups excluding carboxylic acids is 1. The predicted octanol–water partition coefficient (Wildman–Crippen LogP) is 8.56. The van der Waals surface area contributed by atoms with E-state index in [-0.39, 0.29) is 28.8 Å². The minimum atomic E-state index is -0.313. The van der Waals surface area contributed by atoms with Crippen molar-refractivity contribution in [2.75, 3.05) is 6.61 Å². The van der Waals surface area contributed by atoms with Crippen molar-refractivity contribution in [3.05, 3.63) is 29.6 Å². The van der Waals surface area contributed by atoms with E-state index in [1.807, 2.05) is 12.1 Å². The molecule has 0 aliphatic heterocycles. The molecule has 0 spiro atoms. The first kappa shape index (κ1) is 31.0. The van der Waals surface area contributed by atoms with E-state index in [4.69, 9.17) is 4.74 Å². The minimum Gasteiger partial charge on any atom is -0.490 e. The Morgan fingerprint density at radius 1 is 1.05 bits per heavy atom. The van der Waals surface area contributed by atoms with Crippen LogP contribution in [0, 0.1) is 40.3 Å². The van der Waals surface area contributed by atoms with Crippen molar-refractivity contribution in [3.8, 4) is 5.75 Å². The molecule has 0 saturated heterocycles. The van der Waals surface area contributed by atoms with E-state index in [0.29, 0.717) is 47.9 Å². The molecular weight excluding hydrogens is 513 g/mol. The van der Waals surface area contributed by atoms with E-state index in [1.165, 1.54) is 19.3 Å². The summed E-state index contributed by atoms with van der Waals surface area (Å²) < 4.78 is 21.3. The van der Waals surface area contributed by atoms with Crippen molar-refractivity contribution in [1.29, 1.82) is 0 Å². The fourth-order valence-corrected chi connectivity index (χ4v) is 9.96. The number of benzene rings is 1. The van der Waals surface area contributed by atoms with Crippen LogP contribution in [0.25, 0.3) is 0 Å². The zero-order valence-corrected chi connectivity index (χ0v) is 26.2. The van der Waals surface area contributed by atoms with Crippen LogP contribution in [0.5, 0.6) is 5.75 Å². The lowest BCUT2D eigenvalue weighted by molar-refractivity contribution is -0.126. The number of ketones is 1. The van der Waals surface area contributed by atoms with Gasteiger partial charge in [0.15, 0.2) is 11.6 Å². The maximum Gasteiger partial charge on any atom is 0.165 e. The average Bonchev–Trinajstić information content (AvgIpc) is 3.22. The third kappa shape index (κ3) is 6.14. The Labute approximate surface area is 248 Å². The molecule has 8 atom stereocenters. The van der Waals surface area contributed by atoms with E-state index >= 15 is 4.39 Å². The van der Waals surface area contributed by atoms with Crippen LogP contribution in [0.15, 0.2) is 18.2 Å². The van der Waals surface area contributed by atoms with Gasteiger partial charge in [-0.3, -0.25) is 4.79 Å². The zero-order chi connectivity index (χ0) is 29.2. The van der Waals surface area contributed by atoms with Crippen LogP contribution in [-0.4, -0.2) is 29.6 Å². The molecule has 4 fully saturated rings. The first-order chi connectivity index (χ1) is 19.7. The summed E-state index contributed by atoms with van der Waals surface area (Å²) in [4.78, 5) is 12.4. The predicted molar refractivity (Wildman–Crippen MR) is 163 cm³/mol. The molecule has 4 saturated carbocycles. The number of halogens is 1. The number of rotatable bonds is 10. The zero-order valence-electron chi connectivity index (χ0n) is 26.2. The standard InChI is InChI=1S/C36H56FNO3/c1-5-28(6-2)38-32(7-3)25-12-14-31(37)33(22-25)41-20-19-36-18-15-27-21-24(30(36)9-8-10-34(36)40)11-13-26-23-29(39)16-17-35(26,27)4/h12,14,22,24,26-28,30,32,34,38,40H,5-11,13,15-21,23H2,1-4H3. The number of fused-ring (bicyclic) bond motifs is 6. The van der Waals surface area contributed by atoms with E-state index in [1.54, 1.807) is 6.07 Å². The van der Waals surface area contributed by atoms with Gasteiger partial charge in [0.2, 0.25) is 0 Å². The second-order valence-corrected chi connectivity index (χ2v) is 14.5. The van der Waals surface area contributed by atoms with E-state index in [2.05, 4.69) is 33.0 Å². The monoisotopic (exact) mass is 569 g/mol. The summed E-state index contributed by atoms with van der Waals surface area (Å²) in [6.07, 6.45) is 15.0. The molecule has 1 aromatic rings. The highest BCUT2D eigenvalue weighted by molar-refractivity contribution is 5.79. The average molecular weight is 570 g/mol. The lowest BCUT2D eigenvalue weighted by Crippen LogP contribution is -2.48. The normalized spacial score (nSPS) is 36.2. The first-order valence-corrected chi connectivity index (χ1v) is 17.1. The molecular formula is C36H56FNO3. The second kappa shape index (κ2) is 13.0. The van der Waals surface area contributed by atoms with Gasteiger partial charge in [0, 0.05) is 30.3 Å². The maximum atomic E-state index is 15.0. The van der Waals surface area contributed by atoms with Crippen LogP contribution >= 0.6 is 0 Å². The molecule has 5 rings (SSSR count). The van der Waals surface area contributed by atoms with Crippen LogP contribution in [0.2, 0.25) is 0 Å². The van der Waals surface area contributed by atoms with Crippen molar-refractivity contribution >= 4 is 5.78 Å².